The number of Topliss-reactive ketones (excluding diaryl/α,β-unsaturated/α-hetero) is 2. The van der Waals surface area contributed by atoms with E-state index in [1.807, 2.05) is 0 Å². The number of nitrogens with one attached hydrogen (secondary N) is 2. The Hall–Kier alpha value is -4.81. The van der Waals surface area contributed by atoms with Crippen molar-refractivity contribution in [2.75, 3.05) is 12.4 Å². The van der Waals surface area contributed by atoms with Crippen LogP contribution >= 0.6 is 0 Å². The number of nitrogens with zero attached hydrogens (tertiary/aromatic N) is 2. The van der Waals surface area contributed by atoms with Gasteiger partial charge in [0.15, 0.2) is 0 Å². The molecule has 0 radical (unpaired) electrons. The molecular formula is C20H13FN4O8. The summed E-state index contributed by atoms with van der Waals surface area (Å²) in [6.07, 6.45) is 0. The molecule has 2 aromatic carbocycles. The first kappa shape index (κ1) is 22.9. The molecule has 0 aliphatic heterocycles. The first-order chi connectivity index (χ1) is 15.6. The third-order valence-corrected chi connectivity index (χ3v) is 4.42. The van der Waals surface area contributed by atoms with Crippen LogP contribution in [0, 0.1) is 15.9 Å². The highest BCUT2D eigenvalue weighted by Gasteiger charge is 2.40. The molecule has 13 heteroatoms. The maximum Gasteiger partial charge on any atom is 0.375 e. The van der Waals surface area contributed by atoms with E-state index in [2.05, 4.69) is 20.0 Å². The third-order valence-electron chi connectivity index (χ3n) is 4.42. The molecule has 3 aromatic rings. The summed E-state index contributed by atoms with van der Waals surface area (Å²) < 4.78 is 17.4. The van der Waals surface area contributed by atoms with Gasteiger partial charge < -0.3 is 15.0 Å². The number of carbonyl (C=O) groups is 4. The van der Waals surface area contributed by atoms with Gasteiger partial charge in [-0.1, -0.05) is 0 Å². The molecule has 0 saturated heterocycles. The van der Waals surface area contributed by atoms with Crippen LogP contribution in [0.15, 0.2) is 47.3 Å². The number of rotatable bonds is 7. The number of carbonyl (C=O) groups excluding carboxylic acids is 4. The predicted molar refractivity (Wildman–Crippen MR) is 109 cm³/mol. The summed E-state index contributed by atoms with van der Waals surface area (Å²) in [5, 5.41) is 13.1. The number of ketones is 2. The van der Waals surface area contributed by atoms with Gasteiger partial charge in [0.1, 0.15) is 17.4 Å². The summed E-state index contributed by atoms with van der Waals surface area (Å²) >= 11 is 0. The van der Waals surface area contributed by atoms with Crippen LogP contribution in [0.2, 0.25) is 0 Å². The minimum absolute atomic E-state index is 0.00621. The first-order valence-electron chi connectivity index (χ1n) is 9.03. The maximum absolute atomic E-state index is 13.0. The summed E-state index contributed by atoms with van der Waals surface area (Å²) in [7, 11) is 0.859. The maximum atomic E-state index is 13.0. The van der Waals surface area contributed by atoms with Crippen LogP contribution in [0.1, 0.15) is 11.6 Å². The Balaban J connectivity index is 2.06. The standard InChI is InChI=1S/C20H13FN4O8/c1-33-20(30)17(27)14(16(26)19(29)22-10-4-2-9(21)3-5-10)15-18(28)24-13-8-11(25(31)32)6-7-12(13)23-15/h2-8,14H,1H3,(H,22,29)(H,24,28). The van der Waals surface area contributed by atoms with E-state index < -0.39 is 51.4 Å². The van der Waals surface area contributed by atoms with Gasteiger partial charge in [-0.05, 0) is 30.3 Å². The zero-order chi connectivity index (χ0) is 24.3. The van der Waals surface area contributed by atoms with Gasteiger partial charge in [-0.25, -0.2) is 14.2 Å². The van der Waals surface area contributed by atoms with Crippen molar-refractivity contribution in [1.29, 1.82) is 0 Å². The number of amides is 1. The van der Waals surface area contributed by atoms with E-state index in [-0.39, 0.29) is 22.4 Å². The lowest BCUT2D eigenvalue weighted by atomic mass is 9.94. The molecule has 1 amide bonds. The van der Waals surface area contributed by atoms with Gasteiger partial charge in [0.25, 0.3) is 22.9 Å². The molecule has 0 saturated carbocycles. The average molecular weight is 456 g/mol. The fourth-order valence-electron chi connectivity index (χ4n) is 2.84. The number of aromatic amines is 1. The molecule has 0 bridgehead atoms. The Morgan fingerprint density at radius 2 is 1.79 bits per heavy atom. The third kappa shape index (κ3) is 4.76. The van der Waals surface area contributed by atoms with Gasteiger partial charge in [0.2, 0.25) is 5.78 Å². The second-order valence-corrected chi connectivity index (χ2v) is 6.52. The monoisotopic (exact) mass is 456 g/mol. The summed E-state index contributed by atoms with van der Waals surface area (Å²) in [5.41, 5.74) is -2.40. The number of esters is 1. The lowest BCUT2D eigenvalue weighted by molar-refractivity contribution is -0.384. The first-order valence-corrected chi connectivity index (χ1v) is 9.03. The van der Waals surface area contributed by atoms with Crippen molar-refractivity contribution in [3.63, 3.8) is 0 Å². The number of fused-ring (bicyclic) bond motifs is 1. The van der Waals surface area contributed by atoms with Crippen molar-refractivity contribution in [2.24, 2.45) is 0 Å². The van der Waals surface area contributed by atoms with Crippen LogP contribution in [0.5, 0.6) is 0 Å². The SMILES string of the molecule is COC(=O)C(=O)C(C(=O)C(=O)Nc1ccc(F)cc1)c1nc2ccc([N+](=O)[O-])cc2[nH]c1=O. The van der Waals surface area contributed by atoms with Crippen molar-refractivity contribution >= 4 is 45.9 Å². The van der Waals surface area contributed by atoms with Crippen LogP contribution < -0.4 is 10.9 Å². The van der Waals surface area contributed by atoms with Crippen molar-refractivity contribution in [3.8, 4) is 0 Å². The minimum Gasteiger partial charge on any atom is -0.463 e. The Labute approximate surface area is 182 Å². The van der Waals surface area contributed by atoms with E-state index in [1.165, 1.54) is 0 Å². The van der Waals surface area contributed by atoms with Crippen molar-refractivity contribution in [3.05, 3.63) is 74.4 Å². The quantitative estimate of drug-likeness (QED) is 0.172. The normalized spacial score (nSPS) is 11.5. The molecule has 1 unspecified atom stereocenters. The van der Waals surface area contributed by atoms with Gasteiger partial charge in [-0.15, -0.1) is 0 Å². The number of ether oxygens (including phenoxy) is 1. The molecular weight excluding hydrogens is 443 g/mol. The number of methoxy groups -OCH3 is 1. The van der Waals surface area contributed by atoms with Gasteiger partial charge in [-0.3, -0.25) is 29.3 Å². The van der Waals surface area contributed by atoms with E-state index >= 15 is 0 Å². The lowest BCUT2D eigenvalue weighted by Crippen LogP contribution is -2.39. The Kier molecular flexibility index (Phi) is 6.33. The minimum atomic E-state index is -2.26. The molecule has 0 aliphatic rings. The Morgan fingerprint density at radius 1 is 1.12 bits per heavy atom. The number of nitro groups is 1. The predicted octanol–water partition coefficient (Wildman–Crippen LogP) is 1.00. The number of nitro benzene ring substituents is 1. The average Bonchev–Trinajstić information content (AvgIpc) is 2.79. The van der Waals surface area contributed by atoms with Crippen LogP contribution in [-0.2, 0) is 23.9 Å². The number of benzene rings is 2. The number of hydrogen-bond acceptors (Lipinski definition) is 9. The molecule has 0 aliphatic carbocycles. The number of H-pyrrole nitrogens is 1. The van der Waals surface area contributed by atoms with Crippen LogP contribution in [0.3, 0.4) is 0 Å². The molecule has 1 atom stereocenters. The molecule has 1 heterocycles. The highest BCUT2D eigenvalue weighted by Crippen LogP contribution is 2.21. The largest absolute Gasteiger partial charge is 0.463 e. The molecule has 1 aromatic heterocycles. The van der Waals surface area contributed by atoms with Gasteiger partial charge in [0, 0.05) is 17.8 Å². The summed E-state index contributed by atoms with van der Waals surface area (Å²) in [4.78, 5) is 78.6. The lowest BCUT2D eigenvalue weighted by Gasteiger charge is -2.13. The van der Waals surface area contributed by atoms with E-state index in [0.717, 1.165) is 49.6 Å². The fourth-order valence-corrected chi connectivity index (χ4v) is 2.84. The number of non-ortho nitro benzene ring substituents is 1. The van der Waals surface area contributed by atoms with Crippen LogP contribution in [-0.4, -0.2) is 45.4 Å². The topological polar surface area (TPSA) is 178 Å². The highest BCUT2D eigenvalue weighted by molar-refractivity contribution is 6.52. The smallest absolute Gasteiger partial charge is 0.375 e. The zero-order valence-electron chi connectivity index (χ0n) is 16.7. The number of halogens is 1. The molecule has 33 heavy (non-hydrogen) atoms. The second-order valence-electron chi connectivity index (χ2n) is 6.52. The van der Waals surface area contributed by atoms with Crippen LogP contribution in [0.4, 0.5) is 15.8 Å². The van der Waals surface area contributed by atoms with E-state index in [4.69, 9.17) is 0 Å². The molecule has 2 N–H and O–H groups in total. The zero-order valence-corrected chi connectivity index (χ0v) is 16.7. The molecule has 0 fully saturated rings. The summed E-state index contributed by atoms with van der Waals surface area (Å²) in [6.45, 7) is 0. The van der Waals surface area contributed by atoms with Crippen molar-refractivity contribution in [1.82, 2.24) is 9.97 Å². The van der Waals surface area contributed by atoms with E-state index in [9.17, 15) is 38.5 Å². The number of hydrogen-bond donors (Lipinski definition) is 2. The van der Waals surface area contributed by atoms with Gasteiger partial charge in [-0.2, -0.15) is 0 Å². The molecule has 12 nitrogen and oxygen atoms in total. The second kappa shape index (κ2) is 9.13. The van der Waals surface area contributed by atoms with Crippen molar-refractivity contribution in [2.45, 2.75) is 5.92 Å². The van der Waals surface area contributed by atoms with Crippen molar-refractivity contribution < 1.29 is 33.2 Å². The number of anilines is 1. The van der Waals surface area contributed by atoms with E-state index in [1.54, 1.807) is 0 Å². The van der Waals surface area contributed by atoms with Crippen LogP contribution in [0.25, 0.3) is 11.0 Å². The highest BCUT2D eigenvalue weighted by atomic mass is 19.1. The Bertz CT molecular complexity index is 1370. The van der Waals surface area contributed by atoms with Gasteiger partial charge >= 0.3 is 5.97 Å². The molecule has 3 rings (SSSR count). The summed E-state index contributed by atoms with van der Waals surface area (Å²) in [5.74, 6) is -8.79. The van der Waals surface area contributed by atoms with E-state index in [0.29, 0.717) is 0 Å². The molecule has 0 spiro atoms. The molecule has 168 valence electrons. The Morgan fingerprint density at radius 3 is 2.39 bits per heavy atom. The van der Waals surface area contributed by atoms with Gasteiger partial charge in [0.05, 0.1) is 23.1 Å². The number of aromatic nitrogens is 2. The fraction of sp³-hybridized carbons (Fsp3) is 0.100. The summed E-state index contributed by atoms with van der Waals surface area (Å²) in [6, 6.07) is 7.52.